The number of benzene rings is 1. The van der Waals surface area contributed by atoms with Gasteiger partial charge in [-0.25, -0.2) is 4.79 Å². The van der Waals surface area contributed by atoms with Crippen molar-refractivity contribution in [3.63, 3.8) is 0 Å². The molecular formula is C16H24N2O3. The van der Waals surface area contributed by atoms with Gasteiger partial charge in [-0.1, -0.05) is 30.3 Å². The van der Waals surface area contributed by atoms with E-state index in [9.17, 15) is 4.79 Å². The van der Waals surface area contributed by atoms with Crippen molar-refractivity contribution in [2.24, 2.45) is 0 Å². The Morgan fingerprint density at radius 1 is 1.43 bits per heavy atom. The zero-order valence-corrected chi connectivity index (χ0v) is 12.7. The van der Waals surface area contributed by atoms with E-state index in [0.29, 0.717) is 13.1 Å². The van der Waals surface area contributed by atoms with Crippen LogP contribution < -0.4 is 5.32 Å². The first kappa shape index (κ1) is 15.8. The van der Waals surface area contributed by atoms with Crippen LogP contribution in [0.15, 0.2) is 30.3 Å². The number of amides is 1. The summed E-state index contributed by atoms with van der Waals surface area (Å²) in [5.74, 6) is 0. The van der Waals surface area contributed by atoms with Crippen LogP contribution >= 0.6 is 0 Å². The Kier molecular flexibility index (Phi) is 5.59. The molecule has 2 unspecified atom stereocenters. The van der Waals surface area contributed by atoms with Crippen LogP contribution in [0.25, 0.3) is 0 Å². The lowest BCUT2D eigenvalue weighted by Gasteiger charge is -2.38. The van der Waals surface area contributed by atoms with Crippen molar-refractivity contribution >= 4 is 6.09 Å². The van der Waals surface area contributed by atoms with Gasteiger partial charge >= 0.3 is 6.09 Å². The van der Waals surface area contributed by atoms with Gasteiger partial charge in [0.2, 0.25) is 0 Å². The molecule has 1 amide bonds. The van der Waals surface area contributed by atoms with Crippen molar-refractivity contribution in [3.05, 3.63) is 35.9 Å². The first-order chi connectivity index (χ1) is 10.1. The van der Waals surface area contributed by atoms with Gasteiger partial charge in [-0.05, 0) is 25.8 Å². The van der Waals surface area contributed by atoms with E-state index in [-0.39, 0.29) is 18.2 Å². The number of rotatable bonds is 5. The molecule has 0 aromatic heterocycles. The van der Waals surface area contributed by atoms with Gasteiger partial charge in [-0.15, -0.1) is 0 Å². The molecule has 2 N–H and O–H groups in total. The minimum absolute atomic E-state index is 0.0878. The number of piperidine rings is 1. The maximum absolute atomic E-state index is 11.1. The predicted octanol–water partition coefficient (Wildman–Crippen LogP) is 2.32. The maximum atomic E-state index is 11.1. The van der Waals surface area contributed by atoms with Crippen LogP contribution in [0.5, 0.6) is 0 Å². The van der Waals surface area contributed by atoms with Gasteiger partial charge in [0.1, 0.15) is 0 Å². The molecule has 1 aliphatic rings. The highest BCUT2D eigenvalue weighted by Crippen LogP contribution is 2.17. The van der Waals surface area contributed by atoms with Gasteiger partial charge < -0.3 is 20.1 Å². The number of carbonyl (C=O) groups is 1. The molecule has 1 aliphatic heterocycles. The fraction of sp³-hybridized carbons (Fsp3) is 0.562. The lowest BCUT2D eigenvalue weighted by atomic mass is 10.0. The average Bonchev–Trinajstić information content (AvgIpc) is 2.46. The monoisotopic (exact) mass is 292 g/mol. The lowest BCUT2D eigenvalue weighted by molar-refractivity contribution is -0.0476. The molecule has 116 valence electrons. The van der Waals surface area contributed by atoms with E-state index in [1.807, 2.05) is 32.0 Å². The molecule has 5 nitrogen and oxygen atoms in total. The molecule has 0 radical (unpaired) electrons. The summed E-state index contributed by atoms with van der Waals surface area (Å²) in [6, 6.07) is 10.4. The van der Waals surface area contributed by atoms with Crippen molar-refractivity contribution in [2.75, 3.05) is 13.1 Å². The molecule has 2 atom stereocenters. The number of ether oxygens (including phenoxy) is 1. The van der Waals surface area contributed by atoms with Crippen LogP contribution in [0.3, 0.4) is 0 Å². The summed E-state index contributed by atoms with van der Waals surface area (Å²) in [4.78, 5) is 12.6. The molecule has 0 aliphatic carbocycles. The highest BCUT2D eigenvalue weighted by molar-refractivity contribution is 5.65. The number of hydrogen-bond donors (Lipinski definition) is 2. The minimum atomic E-state index is -0.867. The quantitative estimate of drug-likeness (QED) is 0.874. The molecule has 1 heterocycles. The lowest BCUT2D eigenvalue weighted by Crippen LogP contribution is -2.55. The van der Waals surface area contributed by atoms with Gasteiger partial charge in [0, 0.05) is 19.1 Å². The van der Waals surface area contributed by atoms with Crippen molar-refractivity contribution < 1.29 is 14.6 Å². The van der Waals surface area contributed by atoms with Gasteiger partial charge in [0.25, 0.3) is 0 Å². The molecule has 5 heteroatoms. The van der Waals surface area contributed by atoms with Gasteiger partial charge in [0.15, 0.2) is 0 Å². The Labute approximate surface area is 125 Å². The summed E-state index contributed by atoms with van der Waals surface area (Å²) in [5, 5.41) is 12.6. The number of carboxylic acid groups (broad SMARTS) is 1. The standard InChI is InChI=1S/C16H24N2O3/c1-12(2)21-15-11-18(16(19)20)9-8-14(15)17-10-13-6-4-3-5-7-13/h3-7,12,14-15,17H,8-11H2,1-2H3,(H,19,20). The van der Waals surface area contributed by atoms with Crippen LogP contribution in [0, 0.1) is 0 Å². The van der Waals surface area contributed by atoms with E-state index in [1.165, 1.54) is 10.5 Å². The summed E-state index contributed by atoms with van der Waals surface area (Å²) < 4.78 is 5.91. The second kappa shape index (κ2) is 7.43. The largest absolute Gasteiger partial charge is 0.465 e. The molecule has 2 rings (SSSR count). The van der Waals surface area contributed by atoms with Gasteiger partial charge in [0.05, 0.1) is 18.8 Å². The number of hydrogen-bond acceptors (Lipinski definition) is 3. The minimum Gasteiger partial charge on any atom is -0.465 e. The van der Waals surface area contributed by atoms with Gasteiger partial charge in [-0.3, -0.25) is 0 Å². The molecule has 0 saturated carbocycles. The first-order valence-electron chi connectivity index (χ1n) is 7.47. The Morgan fingerprint density at radius 2 is 2.14 bits per heavy atom. The van der Waals surface area contributed by atoms with Crippen molar-refractivity contribution in [2.45, 2.75) is 45.1 Å². The molecule has 1 saturated heterocycles. The van der Waals surface area contributed by atoms with Crippen LogP contribution in [0.1, 0.15) is 25.8 Å². The Balaban J connectivity index is 1.94. The Hall–Kier alpha value is -1.59. The van der Waals surface area contributed by atoms with Crippen LogP contribution in [-0.4, -0.2) is 47.4 Å². The topological polar surface area (TPSA) is 61.8 Å². The second-order valence-electron chi connectivity index (χ2n) is 5.71. The van der Waals surface area contributed by atoms with E-state index in [4.69, 9.17) is 9.84 Å². The van der Waals surface area contributed by atoms with E-state index in [1.54, 1.807) is 0 Å². The van der Waals surface area contributed by atoms with E-state index in [0.717, 1.165) is 13.0 Å². The third-order valence-electron chi connectivity index (χ3n) is 3.69. The molecule has 1 fully saturated rings. The zero-order valence-electron chi connectivity index (χ0n) is 12.7. The second-order valence-corrected chi connectivity index (χ2v) is 5.71. The molecule has 1 aromatic rings. The highest BCUT2D eigenvalue weighted by atomic mass is 16.5. The first-order valence-corrected chi connectivity index (χ1v) is 7.47. The third kappa shape index (κ3) is 4.72. The van der Waals surface area contributed by atoms with E-state index >= 15 is 0 Å². The van der Waals surface area contributed by atoms with Gasteiger partial charge in [-0.2, -0.15) is 0 Å². The summed E-state index contributed by atoms with van der Waals surface area (Å²) in [6.45, 7) is 5.72. The molecule has 21 heavy (non-hydrogen) atoms. The van der Waals surface area contributed by atoms with Crippen molar-refractivity contribution in [1.82, 2.24) is 10.2 Å². The summed E-state index contributed by atoms with van der Waals surface area (Å²) in [5.41, 5.74) is 1.22. The third-order valence-corrected chi connectivity index (χ3v) is 3.69. The van der Waals surface area contributed by atoms with Crippen LogP contribution in [-0.2, 0) is 11.3 Å². The number of nitrogens with one attached hydrogen (secondary N) is 1. The Bertz CT molecular complexity index is 450. The summed E-state index contributed by atoms with van der Waals surface area (Å²) in [6.07, 6.45) is -0.103. The number of nitrogens with zero attached hydrogens (tertiary/aromatic N) is 1. The molecule has 1 aromatic carbocycles. The molecular weight excluding hydrogens is 268 g/mol. The predicted molar refractivity (Wildman–Crippen MR) is 81.3 cm³/mol. The van der Waals surface area contributed by atoms with Crippen molar-refractivity contribution in [1.29, 1.82) is 0 Å². The molecule has 0 bridgehead atoms. The highest BCUT2D eigenvalue weighted by Gasteiger charge is 2.32. The summed E-state index contributed by atoms with van der Waals surface area (Å²) in [7, 11) is 0. The van der Waals surface area contributed by atoms with Crippen molar-refractivity contribution in [3.8, 4) is 0 Å². The SMILES string of the molecule is CC(C)OC1CN(C(=O)O)CCC1NCc1ccccc1. The molecule has 0 spiro atoms. The number of likely N-dealkylation sites (tertiary alicyclic amines) is 1. The van der Waals surface area contributed by atoms with E-state index in [2.05, 4.69) is 17.4 Å². The average molecular weight is 292 g/mol. The summed E-state index contributed by atoms with van der Waals surface area (Å²) >= 11 is 0. The Morgan fingerprint density at radius 3 is 2.76 bits per heavy atom. The van der Waals surface area contributed by atoms with Crippen LogP contribution in [0.2, 0.25) is 0 Å². The fourth-order valence-corrected chi connectivity index (χ4v) is 2.66. The normalized spacial score (nSPS) is 22.5. The smallest absolute Gasteiger partial charge is 0.407 e. The zero-order chi connectivity index (χ0) is 15.2. The van der Waals surface area contributed by atoms with E-state index < -0.39 is 6.09 Å². The fourth-order valence-electron chi connectivity index (χ4n) is 2.66. The maximum Gasteiger partial charge on any atom is 0.407 e. The van der Waals surface area contributed by atoms with Crippen LogP contribution in [0.4, 0.5) is 4.79 Å².